The van der Waals surface area contributed by atoms with E-state index in [-0.39, 0.29) is 12.0 Å². The molecule has 4 nitrogen and oxygen atoms in total. The molecule has 1 heterocycles. The Labute approximate surface area is 126 Å². The van der Waals surface area contributed by atoms with Crippen molar-refractivity contribution in [3.05, 3.63) is 47.5 Å². The van der Waals surface area contributed by atoms with Gasteiger partial charge in [-0.05, 0) is 38.5 Å². The van der Waals surface area contributed by atoms with Gasteiger partial charge in [-0.3, -0.25) is 4.90 Å². The highest BCUT2D eigenvalue weighted by Crippen LogP contribution is 2.37. The lowest BCUT2D eigenvalue weighted by Gasteiger charge is -2.42. The Bertz CT molecular complexity index is 522. The van der Waals surface area contributed by atoms with Gasteiger partial charge in [0.2, 0.25) is 0 Å². The Morgan fingerprint density at radius 1 is 1.48 bits per heavy atom. The number of hydrogen-bond acceptors (Lipinski definition) is 4. The van der Waals surface area contributed by atoms with Crippen molar-refractivity contribution in [2.24, 2.45) is 0 Å². The lowest BCUT2D eigenvalue weighted by Crippen LogP contribution is -2.47. The number of ether oxygens (including phenoxy) is 1. The van der Waals surface area contributed by atoms with E-state index in [4.69, 9.17) is 4.74 Å². The van der Waals surface area contributed by atoms with Crippen LogP contribution in [0.4, 0.5) is 0 Å². The zero-order chi connectivity index (χ0) is 15.5. The lowest BCUT2D eigenvalue weighted by atomic mass is 9.82. The van der Waals surface area contributed by atoms with Crippen LogP contribution < -0.4 is 0 Å². The molecule has 1 aromatic carbocycles. The van der Waals surface area contributed by atoms with Crippen LogP contribution in [0, 0.1) is 0 Å². The summed E-state index contributed by atoms with van der Waals surface area (Å²) in [5.41, 5.74) is 0.908. The van der Waals surface area contributed by atoms with E-state index in [1.165, 1.54) is 11.6 Å². The quantitative estimate of drug-likeness (QED) is 0.685. The molecule has 0 spiro atoms. The molecule has 1 N–H and O–H groups in total. The van der Waals surface area contributed by atoms with Crippen LogP contribution >= 0.6 is 0 Å². The van der Waals surface area contributed by atoms with Gasteiger partial charge >= 0.3 is 5.97 Å². The second-order valence-electron chi connectivity index (χ2n) is 5.74. The monoisotopic (exact) mass is 289 g/mol. The molecule has 1 fully saturated rings. The summed E-state index contributed by atoms with van der Waals surface area (Å²) in [4.78, 5) is 13.8. The van der Waals surface area contributed by atoms with E-state index in [9.17, 15) is 9.90 Å². The van der Waals surface area contributed by atoms with E-state index >= 15 is 0 Å². The molecule has 1 saturated heterocycles. The van der Waals surface area contributed by atoms with Crippen molar-refractivity contribution < 1.29 is 14.6 Å². The van der Waals surface area contributed by atoms with Crippen LogP contribution in [0.1, 0.15) is 31.9 Å². The second-order valence-corrected chi connectivity index (χ2v) is 5.74. The van der Waals surface area contributed by atoms with E-state index in [2.05, 4.69) is 17.0 Å². The van der Waals surface area contributed by atoms with Crippen LogP contribution in [0.3, 0.4) is 0 Å². The Hall–Kier alpha value is -1.65. The molecule has 2 atom stereocenters. The van der Waals surface area contributed by atoms with Gasteiger partial charge in [0.25, 0.3) is 0 Å². The van der Waals surface area contributed by atoms with Crippen LogP contribution in [-0.2, 0) is 9.53 Å². The molecule has 2 rings (SSSR count). The largest absolute Gasteiger partial charge is 0.463 e. The number of nitrogens with zero attached hydrogens (tertiary/aromatic N) is 1. The van der Waals surface area contributed by atoms with Crippen LogP contribution in [0.5, 0.6) is 0 Å². The third-order valence-electron chi connectivity index (χ3n) is 3.96. The van der Waals surface area contributed by atoms with Crippen molar-refractivity contribution in [3.63, 3.8) is 0 Å². The Kier molecular flexibility index (Phi) is 4.80. The normalized spacial score (nSPS) is 28.6. The summed E-state index contributed by atoms with van der Waals surface area (Å²) in [5, 5.41) is 10.6. The van der Waals surface area contributed by atoms with Crippen molar-refractivity contribution in [2.75, 3.05) is 20.2 Å². The van der Waals surface area contributed by atoms with Gasteiger partial charge in [0.15, 0.2) is 0 Å². The molecule has 0 radical (unpaired) electrons. The number of rotatable bonds is 3. The maximum Gasteiger partial charge on any atom is 0.330 e. The van der Waals surface area contributed by atoms with Crippen molar-refractivity contribution in [1.29, 1.82) is 0 Å². The fraction of sp³-hybridized carbons (Fsp3) is 0.471. The molecule has 21 heavy (non-hydrogen) atoms. The number of carbonyl (C=O) groups excluding carboxylic acids is 1. The Morgan fingerprint density at radius 2 is 2.14 bits per heavy atom. The van der Waals surface area contributed by atoms with Gasteiger partial charge in [-0.1, -0.05) is 30.3 Å². The van der Waals surface area contributed by atoms with E-state index in [0.717, 1.165) is 5.57 Å². The van der Waals surface area contributed by atoms with Gasteiger partial charge in [0.05, 0.1) is 12.2 Å². The fourth-order valence-electron chi connectivity index (χ4n) is 2.87. The highest BCUT2D eigenvalue weighted by Gasteiger charge is 2.37. The van der Waals surface area contributed by atoms with E-state index in [0.29, 0.717) is 19.6 Å². The first kappa shape index (κ1) is 15.7. The molecule has 0 aliphatic carbocycles. The molecule has 0 aromatic heterocycles. The highest BCUT2D eigenvalue weighted by atomic mass is 16.5. The third-order valence-corrected chi connectivity index (χ3v) is 3.96. The number of likely N-dealkylation sites (tertiary alicyclic amines) is 1. The molecular formula is C17H23NO3. The van der Waals surface area contributed by atoms with Crippen LogP contribution in [0.15, 0.2) is 42.0 Å². The maximum absolute atomic E-state index is 11.7. The summed E-state index contributed by atoms with van der Waals surface area (Å²) in [6.07, 6.45) is 2.07. The zero-order valence-corrected chi connectivity index (χ0v) is 12.9. The summed E-state index contributed by atoms with van der Waals surface area (Å²) in [6, 6.07) is 10.3. The molecule has 1 aliphatic rings. The lowest BCUT2D eigenvalue weighted by molar-refractivity contribution is -0.137. The summed E-state index contributed by atoms with van der Waals surface area (Å²) >= 11 is 0. The maximum atomic E-state index is 11.7. The fourth-order valence-corrected chi connectivity index (χ4v) is 2.87. The van der Waals surface area contributed by atoms with Gasteiger partial charge < -0.3 is 9.84 Å². The first-order chi connectivity index (χ1) is 9.94. The van der Waals surface area contributed by atoms with Crippen LogP contribution in [0.2, 0.25) is 0 Å². The summed E-state index contributed by atoms with van der Waals surface area (Å²) in [7, 11) is 1.99. The second kappa shape index (κ2) is 6.41. The number of benzene rings is 1. The number of piperidine rings is 1. The number of likely N-dealkylation sites (N-methyl/N-ethyl adjacent to an activating group) is 1. The summed E-state index contributed by atoms with van der Waals surface area (Å²) < 4.78 is 4.97. The molecular weight excluding hydrogens is 266 g/mol. The number of aliphatic hydroxyl groups is 1. The van der Waals surface area contributed by atoms with Crippen molar-refractivity contribution in [3.8, 4) is 0 Å². The van der Waals surface area contributed by atoms with Crippen LogP contribution in [-0.4, -0.2) is 41.8 Å². The first-order valence-electron chi connectivity index (χ1n) is 7.29. The molecule has 0 bridgehead atoms. The van der Waals surface area contributed by atoms with Crippen LogP contribution in [0.25, 0.3) is 0 Å². The van der Waals surface area contributed by atoms with Gasteiger partial charge in [0, 0.05) is 18.7 Å². The highest BCUT2D eigenvalue weighted by molar-refractivity contribution is 5.83. The number of carbonyl (C=O) groups is 1. The molecule has 4 heteroatoms. The van der Waals surface area contributed by atoms with Crippen molar-refractivity contribution in [2.45, 2.75) is 31.9 Å². The molecule has 114 valence electrons. The summed E-state index contributed by atoms with van der Waals surface area (Å²) in [5.74, 6) is -0.385. The van der Waals surface area contributed by atoms with Gasteiger partial charge in [-0.25, -0.2) is 4.79 Å². The predicted molar refractivity (Wildman–Crippen MR) is 81.8 cm³/mol. The van der Waals surface area contributed by atoms with E-state index in [1.54, 1.807) is 13.8 Å². The smallest absolute Gasteiger partial charge is 0.330 e. The Balaban J connectivity index is 2.26. The summed E-state index contributed by atoms with van der Waals surface area (Å²) in [6.45, 7) is 4.34. The third kappa shape index (κ3) is 3.71. The van der Waals surface area contributed by atoms with Crippen molar-refractivity contribution in [1.82, 2.24) is 4.90 Å². The SMILES string of the molecule is CCOC(=O)/C=C1\CC(c2ccccc2)N(C)CC1(C)O. The Morgan fingerprint density at radius 3 is 2.76 bits per heavy atom. The van der Waals surface area contributed by atoms with Gasteiger partial charge in [-0.2, -0.15) is 0 Å². The number of hydrogen-bond donors (Lipinski definition) is 1. The topological polar surface area (TPSA) is 49.8 Å². The first-order valence-corrected chi connectivity index (χ1v) is 7.29. The van der Waals surface area contributed by atoms with Gasteiger partial charge in [0.1, 0.15) is 0 Å². The average Bonchev–Trinajstić information content (AvgIpc) is 2.42. The molecule has 1 aromatic rings. The minimum absolute atomic E-state index is 0.159. The predicted octanol–water partition coefficient (Wildman–Crippen LogP) is 2.30. The van der Waals surface area contributed by atoms with E-state index in [1.807, 2.05) is 25.2 Å². The number of β-amino-alcohol motifs (C(OH)–C–C–N with tert-alkyl or cyclic N) is 1. The van der Waals surface area contributed by atoms with Crippen molar-refractivity contribution >= 4 is 5.97 Å². The molecule has 1 aliphatic heterocycles. The van der Waals surface area contributed by atoms with Gasteiger partial charge in [-0.15, -0.1) is 0 Å². The average molecular weight is 289 g/mol. The zero-order valence-electron chi connectivity index (χ0n) is 12.9. The number of esters is 1. The standard InChI is InChI=1S/C17H23NO3/c1-4-21-16(19)11-14-10-15(13-8-6-5-7-9-13)18(3)12-17(14,2)20/h5-9,11,15,20H,4,10,12H2,1-3H3/b14-11+. The molecule has 0 amide bonds. The van der Waals surface area contributed by atoms with E-state index < -0.39 is 5.60 Å². The molecule has 2 unspecified atom stereocenters. The molecule has 0 saturated carbocycles. The minimum Gasteiger partial charge on any atom is -0.463 e. The minimum atomic E-state index is -1.01.